The largest absolute Gasteiger partial charge is 0.396 e. The molecule has 0 bridgehead atoms. The fourth-order valence-corrected chi connectivity index (χ4v) is 1.36. The fourth-order valence-electron chi connectivity index (χ4n) is 1.36. The summed E-state index contributed by atoms with van der Waals surface area (Å²) in [6, 6.07) is 1.88. The second-order valence-electron chi connectivity index (χ2n) is 3.70. The van der Waals surface area contributed by atoms with Crippen molar-refractivity contribution in [2.75, 3.05) is 44.5 Å². The lowest BCUT2D eigenvalue weighted by Crippen LogP contribution is -2.07. The highest BCUT2D eigenvalue weighted by molar-refractivity contribution is 5.63. The predicted molar refractivity (Wildman–Crippen MR) is 69.1 cm³/mol. The van der Waals surface area contributed by atoms with Crippen LogP contribution in [-0.4, -0.2) is 38.5 Å². The Kier molecular flexibility index (Phi) is 7.09. The van der Waals surface area contributed by atoms with Crippen molar-refractivity contribution in [3.63, 3.8) is 0 Å². The number of nitrogen functional groups attached to an aromatic ring is 1. The monoisotopic (exact) mass is 239 g/mol. The maximum absolute atomic E-state index is 5.75. The molecule has 3 N–H and O–H groups in total. The maximum Gasteiger partial charge on any atom is 0.0736 e. The van der Waals surface area contributed by atoms with Gasteiger partial charge >= 0.3 is 0 Å². The van der Waals surface area contributed by atoms with Crippen LogP contribution in [0.5, 0.6) is 0 Å². The van der Waals surface area contributed by atoms with E-state index in [0.717, 1.165) is 31.7 Å². The summed E-state index contributed by atoms with van der Waals surface area (Å²) in [4.78, 5) is 3.93. The molecule has 0 saturated carbocycles. The van der Waals surface area contributed by atoms with Crippen LogP contribution in [0.1, 0.15) is 12.8 Å². The Bertz CT molecular complexity index is 308. The van der Waals surface area contributed by atoms with E-state index in [1.807, 2.05) is 6.07 Å². The van der Waals surface area contributed by atoms with Crippen LogP contribution in [0.25, 0.3) is 0 Å². The highest BCUT2D eigenvalue weighted by Gasteiger charge is 1.96. The zero-order valence-corrected chi connectivity index (χ0v) is 10.3. The molecular formula is C12H21N3O2. The van der Waals surface area contributed by atoms with Gasteiger partial charge < -0.3 is 20.5 Å². The number of anilines is 2. The Hall–Kier alpha value is -1.33. The molecule has 5 nitrogen and oxygen atoms in total. The molecule has 0 atom stereocenters. The molecule has 17 heavy (non-hydrogen) atoms. The van der Waals surface area contributed by atoms with Crippen molar-refractivity contribution < 1.29 is 9.47 Å². The molecule has 0 fully saturated rings. The lowest BCUT2D eigenvalue weighted by Gasteiger charge is -2.08. The van der Waals surface area contributed by atoms with Gasteiger partial charge in [-0.05, 0) is 18.9 Å². The van der Waals surface area contributed by atoms with Crippen molar-refractivity contribution in [3.8, 4) is 0 Å². The van der Waals surface area contributed by atoms with Crippen LogP contribution >= 0.6 is 0 Å². The molecule has 0 aliphatic heterocycles. The molecule has 0 aliphatic rings. The number of rotatable bonds is 9. The number of ether oxygens (including phenoxy) is 2. The van der Waals surface area contributed by atoms with Crippen LogP contribution in [0.4, 0.5) is 11.4 Å². The van der Waals surface area contributed by atoms with Crippen LogP contribution in [0.3, 0.4) is 0 Å². The summed E-state index contributed by atoms with van der Waals surface area (Å²) in [6.07, 6.45) is 5.46. The molecule has 1 heterocycles. The van der Waals surface area contributed by atoms with Gasteiger partial charge in [0.2, 0.25) is 0 Å². The first-order chi connectivity index (χ1) is 8.34. The molecule has 0 aromatic carbocycles. The van der Waals surface area contributed by atoms with Crippen LogP contribution in [0, 0.1) is 0 Å². The van der Waals surface area contributed by atoms with Crippen molar-refractivity contribution in [2.24, 2.45) is 0 Å². The highest BCUT2D eigenvalue weighted by Crippen LogP contribution is 2.14. The predicted octanol–water partition coefficient (Wildman–Crippen LogP) is 1.52. The molecule has 1 aromatic heterocycles. The van der Waals surface area contributed by atoms with Crippen molar-refractivity contribution >= 4 is 11.4 Å². The Morgan fingerprint density at radius 2 is 2.18 bits per heavy atom. The average molecular weight is 239 g/mol. The van der Waals surface area contributed by atoms with E-state index in [4.69, 9.17) is 15.2 Å². The van der Waals surface area contributed by atoms with E-state index in [-0.39, 0.29) is 0 Å². The molecule has 0 radical (unpaired) electrons. The summed E-state index contributed by atoms with van der Waals surface area (Å²) in [5, 5.41) is 3.27. The SMILES string of the molecule is COCCOCCCCNc1ccncc1N. The molecule has 1 rings (SSSR count). The van der Waals surface area contributed by atoms with Crippen molar-refractivity contribution in [3.05, 3.63) is 18.5 Å². The van der Waals surface area contributed by atoms with E-state index in [0.29, 0.717) is 18.9 Å². The first-order valence-corrected chi connectivity index (χ1v) is 5.84. The molecule has 5 heteroatoms. The summed E-state index contributed by atoms with van der Waals surface area (Å²) in [7, 11) is 1.67. The Labute approximate surface area is 102 Å². The number of aromatic nitrogens is 1. The third-order valence-corrected chi connectivity index (χ3v) is 2.31. The summed E-state index contributed by atoms with van der Waals surface area (Å²) >= 11 is 0. The average Bonchev–Trinajstić information content (AvgIpc) is 2.35. The zero-order valence-electron chi connectivity index (χ0n) is 10.3. The summed E-state index contributed by atoms with van der Waals surface area (Å²) in [6.45, 7) is 2.99. The number of nitrogens with two attached hydrogens (primary N) is 1. The first kappa shape index (κ1) is 13.7. The second-order valence-corrected chi connectivity index (χ2v) is 3.70. The molecule has 96 valence electrons. The van der Waals surface area contributed by atoms with Gasteiger partial charge in [0.25, 0.3) is 0 Å². The number of hydrogen-bond donors (Lipinski definition) is 2. The number of unbranched alkanes of at least 4 members (excludes halogenated alkanes) is 1. The molecule has 0 amide bonds. The molecule has 0 aliphatic carbocycles. The highest BCUT2D eigenvalue weighted by atomic mass is 16.5. The van der Waals surface area contributed by atoms with Crippen molar-refractivity contribution in [1.82, 2.24) is 4.98 Å². The molecular weight excluding hydrogens is 218 g/mol. The number of hydrogen-bond acceptors (Lipinski definition) is 5. The third kappa shape index (κ3) is 6.09. The number of methoxy groups -OCH3 is 1. The summed E-state index contributed by atoms with van der Waals surface area (Å²) in [5.74, 6) is 0. The van der Waals surface area contributed by atoms with Gasteiger partial charge in [-0.15, -0.1) is 0 Å². The quantitative estimate of drug-likeness (QED) is 0.639. The van der Waals surface area contributed by atoms with E-state index >= 15 is 0 Å². The molecule has 0 spiro atoms. The summed E-state index contributed by atoms with van der Waals surface area (Å²) in [5.41, 5.74) is 7.38. The van der Waals surface area contributed by atoms with E-state index in [1.165, 1.54) is 0 Å². The Morgan fingerprint density at radius 1 is 1.29 bits per heavy atom. The second kappa shape index (κ2) is 8.78. The van der Waals surface area contributed by atoms with Crippen LogP contribution in [0.2, 0.25) is 0 Å². The minimum atomic E-state index is 0.659. The van der Waals surface area contributed by atoms with Crippen molar-refractivity contribution in [1.29, 1.82) is 0 Å². The van der Waals surface area contributed by atoms with Crippen molar-refractivity contribution in [2.45, 2.75) is 12.8 Å². The van der Waals surface area contributed by atoms with Crippen LogP contribution in [0.15, 0.2) is 18.5 Å². The van der Waals surface area contributed by atoms with Crippen LogP contribution < -0.4 is 11.1 Å². The minimum absolute atomic E-state index is 0.659. The number of nitrogens with one attached hydrogen (secondary N) is 1. The van der Waals surface area contributed by atoms with Gasteiger partial charge in [0.1, 0.15) is 0 Å². The number of nitrogens with zero attached hydrogens (tertiary/aromatic N) is 1. The van der Waals surface area contributed by atoms with Gasteiger partial charge in [-0.2, -0.15) is 0 Å². The van der Waals surface area contributed by atoms with E-state index in [1.54, 1.807) is 19.5 Å². The van der Waals surface area contributed by atoms with E-state index in [9.17, 15) is 0 Å². The zero-order chi connectivity index (χ0) is 12.3. The Balaban J connectivity index is 1.99. The normalized spacial score (nSPS) is 10.4. The van der Waals surface area contributed by atoms with Gasteiger partial charge in [0, 0.05) is 26.5 Å². The lowest BCUT2D eigenvalue weighted by molar-refractivity contribution is 0.0691. The topological polar surface area (TPSA) is 69.4 Å². The fraction of sp³-hybridized carbons (Fsp3) is 0.583. The molecule has 0 saturated heterocycles. The van der Waals surface area contributed by atoms with Gasteiger partial charge in [0.15, 0.2) is 0 Å². The van der Waals surface area contributed by atoms with Crippen LogP contribution in [-0.2, 0) is 9.47 Å². The Morgan fingerprint density at radius 3 is 2.94 bits per heavy atom. The molecule has 1 aromatic rings. The summed E-state index contributed by atoms with van der Waals surface area (Å²) < 4.78 is 10.2. The lowest BCUT2D eigenvalue weighted by atomic mass is 10.3. The molecule has 0 unspecified atom stereocenters. The number of pyridine rings is 1. The standard InChI is InChI=1S/C12H21N3O2/c1-16-8-9-17-7-3-2-5-15-12-4-6-14-10-11(12)13/h4,6,10H,2-3,5,7-9,13H2,1H3,(H,14,15). The smallest absolute Gasteiger partial charge is 0.0736 e. The minimum Gasteiger partial charge on any atom is -0.396 e. The van der Waals surface area contributed by atoms with Gasteiger partial charge in [-0.1, -0.05) is 0 Å². The maximum atomic E-state index is 5.75. The van der Waals surface area contributed by atoms with E-state index < -0.39 is 0 Å². The van der Waals surface area contributed by atoms with Gasteiger partial charge in [-0.3, -0.25) is 4.98 Å². The van der Waals surface area contributed by atoms with E-state index in [2.05, 4.69) is 10.3 Å². The van der Waals surface area contributed by atoms with Gasteiger partial charge in [0.05, 0.1) is 30.8 Å². The van der Waals surface area contributed by atoms with Gasteiger partial charge in [-0.25, -0.2) is 0 Å². The first-order valence-electron chi connectivity index (χ1n) is 5.84. The third-order valence-electron chi connectivity index (χ3n) is 2.31.